The molecule has 0 heterocycles. The second-order valence-electron chi connectivity index (χ2n) is 6.42. The molecule has 3 heteroatoms. The van der Waals surface area contributed by atoms with Crippen LogP contribution in [-0.2, 0) is 0 Å². The predicted octanol–water partition coefficient (Wildman–Crippen LogP) is 5.61. The molecule has 1 atom stereocenters. The molecule has 0 unspecified atom stereocenters. The summed E-state index contributed by atoms with van der Waals surface area (Å²) in [5.74, 6) is -0.0906. The zero-order chi connectivity index (χ0) is 16.2. The van der Waals surface area contributed by atoms with Crippen molar-refractivity contribution in [3.63, 3.8) is 0 Å². The second kappa shape index (κ2) is 7.10. The van der Waals surface area contributed by atoms with Crippen molar-refractivity contribution in [1.82, 2.24) is 0 Å². The molecular weight excluding hydrogens is 295 g/mol. The minimum absolute atomic E-state index is 0.0243. The first kappa shape index (κ1) is 16.8. The van der Waals surface area contributed by atoms with Crippen LogP contribution in [0.1, 0.15) is 37.6 Å². The maximum absolute atomic E-state index is 13.0. The van der Waals surface area contributed by atoms with Gasteiger partial charge in [-0.2, -0.15) is 0 Å². The number of Topliss-reactive ketones (excluding diaryl/α,β-unsaturated/α-hetero) is 1. The van der Waals surface area contributed by atoms with Crippen molar-refractivity contribution < 1.29 is 9.18 Å². The van der Waals surface area contributed by atoms with Gasteiger partial charge in [0.15, 0.2) is 5.78 Å². The normalized spacial score (nSPS) is 12.9. The summed E-state index contributed by atoms with van der Waals surface area (Å²) >= 11 is 1.64. The number of thioether (sulfide) groups is 1. The Labute approximate surface area is 135 Å². The predicted molar refractivity (Wildman–Crippen MR) is 90.9 cm³/mol. The van der Waals surface area contributed by atoms with E-state index in [0.717, 1.165) is 10.5 Å². The molecule has 0 amide bonds. The third kappa shape index (κ3) is 4.70. The van der Waals surface area contributed by atoms with Gasteiger partial charge in [0, 0.05) is 22.1 Å². The van der Waals surface area contributed by atoms with Gasteiger partial charge in [-0.15, -0.1) is 11.8 Å². The van der Waals surface area contributed by atoms with E-state index in [4.69, 9.17) is 0 Å². The van der Waals surface area contributed by atoms with Crippen LogP contribution in [0.25, 0.3) is 0 Å². The van der Waals surface area contributed by atoms with Crippen LogP contribution in [0.15, 0.2) is 59.5 Å². The molecule has 22 heavy (non-hydrogen) atoms. The van der Waals surface area contributed by atoms with Crippen LogP contribution in [0.5, 0.6) is 0 Å². The zero-order valence-electron chi connectivity index (χ0n) is 13.2. The van der Waals surface area contributed by atoms with Gasteiger partial charge in [-0.3, -0.25) is 4.79 Å². The number of carbonyl (C=O) groups is 1. The molecule has 0 aliphatic rings. The monoisotopic (exact) mass is 316 g/mol. The van der Waals surface area contributed by atoms with Crippen molar-refractivity contribution in [2.75, 3.05) is 0 Å². The quantitative estimate of drug-likeness (QED) is 0.527. The highest BCUT2D eigenvalue weighted by atomic mass is 32.2. The average Bonchev–Trinajstić information content (AvgIpc) is 2.48. The van der Waals surface area contributed by atoms with Crippen LogP contribution in [0, 0.1) is 11.2 Å². The molecule has 2 rings (SSSR count). The molecule has 1 nitrogen and oxygen atoms in total. The number of carbonyl (C=O) groups excluding carboxylic acids is 1. The van der Waals surface area contributed by atoms with Gasteiger partial charge in [0.1, 0.15) is 5.82 Å². The van der Waals surface area contributed by atoms with E-state index >= 15 is 0 Å². The van der Waals surface area contributed by atoms with E-state index in [1.54, 1.807) is 23.9 Å². The molecule has 2 aromatic rings. The molecule has 0 aliphatic carbocycles. The summed E-state index contributed by atoms with van der Waals surface area (Å²) in [6.45, 7) is 6.39. The largest absolute Gasteiger partial charge is 0.294 e. The van der Waals surface area contributed by atoms with Crippen molar-refractivity contribution >= 4 is 17.5 Å². The fourth-order valence-electron chi connectivity index (χ4n) is 2.11. The summed E-state index contributed by atoms with van der Waals surface area (Å²) in [5, 5.41) is 0.130. The van der Waals surface area contributed by atoms with Gasteiger partial charge in [0.25, 0.3) is 0 Å². The fraction of sp³-hybridized carbons (Fsp3) is 0.316. The van der Waals surface area contributed by atoms with Crippen molar-refractivity contribution in [2.45, 2.75) is 37.3 Å². The first-order chi connectivity index (χ1) is 10.4. The van der Waals surface area contributed by atoms with E-state index in [9.17, 15) is 9.18 Å². The summed E-state index contributed by atoms with van der Waals surface area (Å²) in [6.07, 6.45) is 0.468. The molecule has 0 aliphatic heterocycles. The SMILES string of the molecule is CC(C)(C)[C@@H](CC(=O)c1ccccc1)Sc1ccc(F)cc1. The number of hydrogen-bond donors (Lipinski definition) is 0. The van der Waals surface area contributed by atoms with Gasteiger partial charge in [-0.05, 0) is 29.7 Å². The topological polar surface area (TPSA) is 17.1 Å². The molecule has 0 saturated heterocycles. The van der Waals surface area contributed by atoms with E-state index in [2.05, 4.69) is 20.8 Å². The number of rotatable bonds is 5. The van der Waals surface area contributed by atoms with Crippen LogP contribution in [0.2, 0.25) is 0 Å². The van der Waals surface area contributed by atoms with E-state index in [-0.39, 0.29) is 22.3 Å². The van der Waals surface area contributed by atoms with Gasteiger partial charge >= 0.3 is 0 Å². The molecule has 0 radical (unpaired) electrons. The molecule has 0 N–H and O–H groups in total. The molecule has 116 valence electrons. The smallest absolute Gasteiger partial charge is 0.164 e. The first-order valence-corrected chi connectivity index (χ1v) is 8.25. The maximum atomic E-state index is 13.0. The Morgan fingerprint density at radius 3 is 2.18 bits per heavy atom. The van der Waals surface area contributed by atoms with Crippen molar-refractivity contribution in [2.24, 2.45) is 5.41 Å². The average molecular weight is 316 g/mol. The molecule has 0 spiro atoms. The molecule has 0 saturated carbocycles. The minimum Gasteiger partial charge on any atom is -0.294 e. The van der Waals surface area contributed by atoms with Gasteiger partial charge in [-0.25, -0.2) is 4.39 Å². The Kier molecular flexibility index (Phi) is 5.41. The van der Waals surface area contributed by atoms with Crippen molar-refractivity contribution in [3.05, 3.63) is 66.0 Å². The van der Waals surface area contributed by atoms with Gasteiger partial charge in [-0.1, -0.05) is 51.1 Å². The fourth-order valence-corrected chi connectivity index (χ4v) is 3.32. The lowest BCUT2D eigenvalue weighted by Gasteiger charge is -2.29. The lowest BCUT2D eigenvalue weighted by Crippen LogP contribution is -2.26. The van der Waals surface area contributed by atoms with Crippen LogP contribution in [0.3, 0.4) is 0 Å². The number of hydrogen-bond acceptors (Lipinski definition) is 2. The van der Waals surface area contributed by atoms with Gasteiger partial charge in [0.2, 0.25) is 0 Å². The molecule has 0 bridgehead atoms. The summed E-state index contributed by atoms with van der Waals surface area (Å²) in [4.78, 5) is 13.5. The van der Waals surface area contributed by atoms with Gasteiger partial charge in [0.05, 0.1) is 0 Å². The Balaban J connectivity index is 2.13. The third-order valence-corrected chi connectivity index (χ3v) is 5.23. The first-order valence-electron chi connectivity index (χ1n) is 7.37. The number of halogens is 1. The van der Waals surface area contributed by atoms with E-state index in [1.807, 2.05) is 30.3 Å². The summed E-state index contributed by atoms with van der Waals surface area (Å²) in [5.41, 5.74) is 0.722. The van der Waals surface area contributed by atoms with Crippen LogP contribution in [-0.4, -0.2) is 11.0 Å². The van der Waals surface area contributed by atoms with Crippen LogP contribution >= 0.6 is 11.8 Å². The van der Waals surface area contributed by atoms with E-state index < -0.39 is 0 Å². The summed E-state index contributed by atoms with van der Waals surface area (Å²) in [7, 11) is 0. The van der Waals surface area contributed by atoms with Crippen molar-refractivity contribution in [1.29, 1.82) is 0 Å². The Hall–Kier alpha value is -1.61. The van der Waals surface area contributed by atoms with Crippen molar-refractivity contribution in [3.8, 4) is 0 Å². The summed E-state index contributed by atoms with van der Waals surface area (Å²) < 4.78 is 13.0. The Bertz CT molecular complexity index is 614. The highest BCUT2D eigenvalue weighted by Gasteiger charge is 2.28. The highest BCUT2D eigenvalue weighted by Crippen LogP contribution is 2.38. The van der Waals surface area contributed by atoms with E-state index in [1.165, 1.54) is 12.1 Å². The Morgan fingerprint density at radius 2 is 1.64 bits per heavy atom. The van der Waals surface area contributed by atoms with Crippen LogP contribution in [0.4, 0.5) is 4.39 Å². The molecule has 0 aromatic heterocycles. The molecule has 0 fully saturated rings. The molecule has 2 aromatic carbocycles. The van der Waals surface area contributed by atoms with Gasteiger partial charge < -0.3 is 0 Å². The molecular formula is C19H21FOS. The standard InChI is InChI=1S/C19H21FOS/c1-19(2,3)18(22-16-11-9-15(20)10-12-16)13-17(21)14-7-5-4-6-8-14/h4-12,18H,13H2,1-3H3/t18-/m1/s1. The van der Waals surface area contributed by atoms with E-state index in [0.29, 0.717) is 6.42 Å². The maximum Gasteiger partial charge on any atom is 0.164 e. The minimum atomic E-state index is -0.239. The highest BCUT2D eigenvalue weighted by molar-refractivity contribution is 8.00. The third-order valence-electron chi connectivity index (χ3n) is 3.52. The lowest BCUT2D eigenvalue weighted by atomic mass is 9.88. The second-order valence-corrected chi connectivity index (χ2v) is 7.70. The number of ketones is 1. The Morgan fingerprint density at radius 1 is 1.05 bits per heavy atom. The summed E-state index contributed by atoms with van der Waals surface area (Å²) in [6, 6.07) is 15.8. The lowest BCUT2D eigenvalue weighted by molar-refractivity contribution is 0.0969. The zero-order valence-corrected chi connectivity index (χ0v) is 14.0. The number of benzene rings is 2. The van der Waals surface area contributed by atoms with Crippen LogP contribution < -0.4 is 0 Å².